The highest BCUT2D eigenvalue weighted by Gasteiger charge is 2.11. The molecule has 0 fully saturated rings. The molecule has 0 spiro atoms. The molecular weight excluding hydrogens is 192 g/mol. The van der Waals surface area contributed by atoms with Gasteiger partial charge in [0.1, 0.15) is 0 Å². The quantitative estimate of drug-likeness (QED) is 0.806. The van der Waals surface area contributed by atoms with Gasteiger partial charge in [-0.15, -0.1) is 0 Å². The van der Waals surface area contributed by atoms with Crippen molar-refractivity contribution in [2.75, 3.05) is 18.6 Å². The molecule has 0 radical (unpaired) electrons. The van der Waals surface area contributed by atoms with E-state index in [1.165, 1.54) is 11.1 Å². The molecule has 1 N–H and O–H groups in total. The van der Waals surface area contributed by atoms with Crippen LogP contribution in [0.5, 0.6) is 0 Å². The van der Waals surface area contributed by atoms with Gasteiger partial charge in [-0.1, -0.05) is 24.3 Å². The monoisotopic (exact) mass is 210 g/mol. The van der Waals surface area contributed by atoms with E-state index in [2.05, 4.69) is 25.3 Å². The summed E-state index contributed by atoms with van der Waals surface area (Å²) in [7, 11) is 0. The second-order valence-electron chi connectivity index (χ2n) is 3.52. The molecule has 0 aliphatic rings. The summed E-state index contributed by atoms with van der Waals surface area (Å²) in [5.74, 6) is 1.42. The normalized spacial score (nSPS) is 12.8. The summed E-state index contributed by atoms with van der Waals surface area (Å²) in [6, 6.07) is 8.32. The first kappa shape index (κ1) is 11.6. The molecule has 0 amide bonds. The molecule has 1 atom stereocenters. The minimum absolute atomic E-state index is 0.255. The molecule has 78 valence electrons. The van der Waals surface area contributed by atoms with Gasteiger partial charge in [0, 0.05) is 12.5 Å². The smallest absolute Gasteiger partial charge is 0.0500 e. The first-order valence-corrected chi connectivity index (χ1v) is 6.34. The molecule has 0 bridgehead atoms. The molecule has 0 aliphatic heterocycles. The van der Waals surface area contributed by atoms with Gasteiger partial charge < -0.3 is 5.11 Å². The Morgan fingerprint density at radius 3 is 2.64 bits per heavy atom. The van der Waals surface area contributed by atoms with E-state index in [4.69, 9.17) is 0 Å². The standard InChI is InChI=1S/C12H18OS/c1-10-5-3-4-6-12(10)11(9-13)7-8-14-2/h3-6,11,13H,7-9H2,1-2H3. The summed E-state index contributed by atoms with van der Waals surface area (Å²) < 4.78 is 0. The maximum Gasteiger partial charge on any atom is 0.0500 e. The molecule has 0 aromatic heterocycles. The van der Waals surface area contributed by atoms with Gasteiger partial charge in [0.15, 0.2) is 0 Å². The van der Waals surface area contributed by atoms with E-state index in [9.17, 15) is 5.11 Å². The Hall–Kier alpha value is -0.470. The van der Waals surface area contributed by atoms with Gasteiger partial charge in [0.25, 0.3) is 0 Å². The number of hydrogen-bond donors (Lipinski definition) is 1. The molecule has 1 nitrogen and oxygen atoms in total. The summed E-state index contributed by atoms with van der Waals surface area (Å²) >= 11 is 1.83. The Bertz CT molecular complexity index is 273. The number of benzene rings is 1. The third kappa shape index (κ3) is 3.03. The predicted molar refractivity (Wildman–Crippen MR) is 64.0 cm³/mol. The number of aryl methyl sites for hydroxylation is 1. The van der Waals surface area contributed by atoms with E-state index in [0.29, 0.717) is 5.92 Å². The summed E-state index contributed by atoms with van der Waals surface area (Å²) in [4.78, 5) is 0. The first-order valence-electron chi connectivity index (χ1n) is 4.95. The third-order valence-corrected chi connectivity index (χ3v) is 3.16. The topological polar surface area (TPSA) is 20.2 Å². The number of thioether (sulfide) groups is 1. The van der Waals surface area contributed by atoms with Gasteiger partial charge in [0.05, 0.1) is 0 Å². The Morgan fingerprint density at radius 2 is 2.07 bits per heavy atom. The minimum atomic E-state index is 0.255. The lowest BCUT2D eigenvalue weighted by molar-refractivity contribution is 0.262. The Balaban J connectivity index is 2.73. The zero-order valence-electron chi connectivity index (χ0n) is 8.86. The second-order valence-corrected chi connectivity index (χ2v) is 4.50. The van der Waals surface area contributed by atoms with Crippen LogP contribution >= 0.6 is 11.8 Å². The molecule has 14 heavy (non-hydrogen) atoms. The second kappa shape index (κ2) is 6.10. The molecule has 0 saturated heterocycles. The lowest BCUT2D eigenvalue weighted by atomic mass is 9.93. The molecule has 2 heteroatoms. The summed E-state index contributed by atoms with van der Waals surface area (Å²) in [6.45, 7) is 2.36. The lowest BCUT2D eigenvalue weighted by Gasteiger charge is -2.16. The van der Waals surface area contributed by atoms with Crippen LogP contribution in [0.2, 0.25) is 0 Å². The van der Waals surface area contributed by atoms with Crippen LogP contribution < -0.4 is 0 Å². The van der Waals surface area contributed by atoms with Crippen molar-refractivity contribution in [3.8, 4) is 0 Å². The molecule has 1 aromatic rings. The van der Waals surface area contributed by atoms with Crippen molar-refractivity contribution in [3.63, 3.8) is 0 Å². The summed E-state index contributed by atoms with van der Waals surface area (Å²) in [5.41, 5.74) is 2.58. The predicted octanol–water partition coefficient (Wildman–Crippen LogP) is 2.82. The highest BCUT2D eigenvalue weighted by molar-refractivity contribution is 7.98. The van der Waals surface area contributed by atoms with Gasteiger partial charge in [-0.25, -0.2) is 0 Å². The third-order valence-electron chi connectivity index (χ3n) is 2.52. The van der Waals surface area contributed by atoms with Gasteiger partial charge in [-0.05, 0) is 36.5 Å². The van der Waals surface area contributed by atoms with Crippen molar-refractivity contribution in [1.82, 2.24) is 0 Å². The fraction of sp³-hybridized carbons (Fsp3) is 0.500. The Kier molecular flexibility index (Phi) is 5.05. The van der Waals surface area contributed by atoms with Crippen molar-refractivity contribution >= 4 is 11.8 Å². The number of rotatable bonds is 5. The van der Waals surface area contributed by atoms with Gasteiger partial charge in [0.2, 0.25) is 0 Å². The van der Waals surface area contributed by atoms with Gasteiger partial charge in [-0.2, -0.15) is 11.8 Å². The van der Waals surface area contributed by atoms with Crippen molar-refractivity contribution in [2.45, 2.75) is 19.3 Å². The van der Waals surface area contributed by atoms with E-state index >= 15 is 0 Å². The molecule has 0 heterocycles. The molecule has 1 aromatic carbocycles. The van der Waals surface area contributed by atoms with E-state index in [-0.39, 0.29) is 6.61 Å². The van der Waals surface area contributed by atoms with Crippen LogP contribution in [0.25, 0.3) is 0 Å². The van der Waals surface area contributed by atoms with Gasteiger partial charge >= 0.3 is 0 Å². The highest BCUT2D eigenvalue weighted by atomic mass is 32.2. The summed E-state index contributed by atoms with van der Waals surface area (Å²) in [5, 5.41) is 9.32. The maximum absolute atomic E-state index is 9.32. The SMILES string of the molecule is CSCCC(CO)c1ccccc1C. The number of hydrogen-bond acceptors (Lipinski definition) is 2. The molecule has 0 saturated carbocycles. The average Bonchev–Trinajstić information content (AvgIpc) is 2.21. The van der Waals surface area contributed by atoms with E-state index < -0.39 is 0 Å². The van der Waals surface area contributed by atoms with Crippen LogP contribution in [0.1, 0.15) is 23.5 Å². The zero-order valence-corrected chi connectivity index (χ0v) is 9.68. The first-order chi connectivity index (χ1) is 6.79. The zero-order chi connectivity index (χ0) is 10.4. The number of aliphatic hydroxyl groups excluding tert-OH is 1. The fourth-order valence-electron chi connectivity index (χ4n) is 1.65. The van der Waals surface area contributed by atoms with Crippen molar-refractivity contribution in [2.24, 2.45) is 0 Å². The molecule has 0 aliphatic carbocycles. The van der Waals surface area contributed by atoms with E-state index in [0.717, 1.165) is 12.2 Å². The maximum atomic E-state index is 9.32. The Labute approximate surface area is 90.5 Å². The van der Waals surface area contributed by atoms with Gasteiger partial charge in [-0.3, -0.25) is 0 Å². The van der Waals surface area contributed by atoms with Crippen molar-refractivity contribution in [3.05, 3.63) is 35.4 Å². The van der Waals surface area contributed by atoms with Crippen LogP contribution in [-0.2, 0) is 0 Å². The molecular formula is C12H18OS. The molecule has 1 rings (SSSR count). The van der Waals surface area contributed by atoms with Crippen LogP contribution in [0.3, 0.4) is 0 Å². The summed E-state index contributed by atoms with van der Waals surface area (Å²) in [6.07, 6.45) is 3.16. The number of aliphatic hydroxyl groups is 1. The molecule has 1 unspecified atom stereocenters. The minimum Gasteiger partial charge on any atom is -0.396 e. The van der Waals surface area contributed by atoms with Crippen molar-refractivity contribution in [1.29, 1.82) is 0 Å². The van der Waals surface area contributed by atoms with E-state index in [1.54, 1.807) is 0 Å². The van der Waals surface area contributed by atoms with Crippen molar-refractivity contribution < 1.29 is 5.11 Å². The lowest BCUT2D eigenvalue weighted by Crippen LogP contribution is -2.07. The Morgan fingerprint density at radius 1 is 1.36 bits per heavy atom. The van der Waals surface area contributed by atoms with Crippen LogP contribution in [-0.4, -0.2) is 23.7 Å². The fourth-order valence-corrected chi connectivity index (χ4v) is 2.17. The van der Waals surface area contributed by atoms with Crippen LogP contribution in [0.15, 0.2) is 24.3 Å². The van der Waals surface area contributed by atoms with Crippen LogP contribution in [0, 0.1) is 6.92 Å². The van der Waals surface area contributed by atoms with Crippen LogP contribution in [0.4, 0.5) is 0 Å². The largest absolute Gasteiger partial charge is 0.396 e. The van der Waals surface area contributed by atoms with E-state index in [1.807, 2.05) is 23.9 Å². The highest BCUT2D eigenvalue weighted by Crippen LogP contribution is 2.23. The average molecular weight is 210 g/mol.